The van der Waals surface area contributed by atoms with Gasteiger partial charge in [-0.3, -0.25) is 4.57 Å². The van der Waals surface area contributed by atoms with Gasteiger partial charge in [0.25, 0.3) is 0 Å². The lowest BCUT2D eigenvalue weighted by molar-refractivity contribution is 0.282. The average Bonchev–Trinajstić information content (AvgIpc) is 2.34. The van der Waals surface area contributed by atoms with Crippen molar-refractivity contribution in [1.82, 2.24) is 0 Å². The Hall–Kier alpha value is 0.110. The smallest absolute Gasteiger partial charge is 0.325 e. The number of hydrogen-bond acceptors (Lipinski definition) is 2. The van der Waals surface area contributed by atoms with Gasteiger partial charge in [0, 0.05) is 12.8 Å². The highest BCUT2D eigenvalue weighted by Crippen LogP contribution is 2.35. The number of unbranched alkanes of at least 4 members (excludes halogenated alkanes) is 11. The molecule has 0 atom stereocenters. The van der Waals surface area contributed by atoms with Crippen LogP contribution in [-0.4, -0.2) is 27.7 Å². The predicted octanol–water partition coefficient (Wildman–Crippen LogP) is 3.84. The van der Waals surface area contributed by atoms with Gasteiger partial charge in [0.1, 0.15) is 0 Å². The van der Waals surface area contributed by atoms with Gasteiger partial charge in [0.2, 0.25) is 0 Å². The molecule has 0 saturated carbocycles. The van der Waals surface area contributed by atoms with E-state index in [-0.39, 0.29) is 6.16 Å². The molecule has 5 heteroatoms. The van der Waals surface area contributed by atoms with Gasteiger partial charge in [0.05, 0.1) is 0 Å². The van der Waals surface area contributed by atoms with Gasteiger partial charge in [-0.15, -0.1) is 0 Å². The molecular weight excluding hydrogens is 263 g/mol. The summed E-state index contributed by atoms with van der Waals surface area (Å²) in [5.74, 6) is 0. The van der Waals surface area contributed by atoms with Crippen molar-refractivity contribution < 1.29 is 19.5 Å². The van der Waals surface area contributed by atoms with Crippen molar-refractivity contribution in [3.63, 3.8) is 0 Å². The van der Waals surface area contributed by atoms with Gasteiger partial charge in [-0.1, -0.05) is 64.2 Å². The fourth-order valence-electron chi connectivity index (χ4n) is 2.20. The van der Waals surface area contributed by atoms with Crippen LogP contribution in [0.3, 0.4) is 0 Å². The molecule has 4 nitrogen and oxygen atoms in total. The third-order valence-corrected chi connectivity index (χ3v) is 4.26. The Labute approximate surface area is 117 Å². The quantitative estimate of drug-likeness (QED) is 0.336. The maximum absolute atomic E-state index is 10.6. The van der Waals surface area contributed by atoms with E-state index in [0.717, 1.165) is 25.7 Å². The van der Waals surface area contributed by atoms with Gasteiger partial charge < -0.3 is 14.9 Å². The zero-order valence-corrected chi connectivity index (χ0v) is 13.0. The summed E-state index contributed by atoms with van der Waals surface area (Å²) < 4.78 is 10.6. The van der Waals surface area contributed by atoms with Crippen molar-refractivity contribution in [2.45, 2.75) is 77.0 Å². The number of aliphatic hydroxyl groups is 1. The molecule has 0 unspecified atom stereocenters. The first-order valence-electron chi connectivity index (χ1n) is 7.72. The second kappa shape index (κ2) is 13.1. The normalized spacial score (nSPS) is 11.9. The molecule has 0 fully saturated rings. The molecule has 116 valence electrons. The van der Waals surface area contributed by atoms with Crippen LogP contribution in [0.5, 0.6) is 0 Å². The highest BCUT2D eigenvalue weighted by Gasteiger charge is 2.10. The molecule has 0 rings (SSSR count). The standard InChI is InChI=1S/C14H31O4P/c15-13-11-9-7-5-3-1-2-4-6-8-10-12-14-19(16,17)18/h15H,1-14H2,(H2,16,17,18). The lowest BCUT2D eigenvalue weighted by Gasteiger charge is -2.04. The zero-order chi connectivity index (χ0) is 14.4. The Morgan fingerprint density at radius 1 is 0.579 bits per heavy atom. The summed E-state index contributed by atoms with van der Waals surface area (Å²) >= 11 is 0. The minimum atomic E-state index is -3.76. The molecule has 0 aromatic heterocycles. The molecule has 0 aliphatic carbocycles. The topological polar surface area (TPSA) is 77.8 Å². The van der Waals surface area contributed by atoms with E-state index < -0.39 is 7.60 Å². The van der Waals surface area contributed by atoms with Crippen LogP contribution < -0.4 is 0 Å². The van der Waals surface area contributed by atoms with Crippen molar-refractivity contribution in [2.24, 2.45) is 0 Å². The van der Waals surface area contributed by atoms with E-state index in [1.807, 2.05) is 0 Å². The van der Waals surface area contributed by atoms with Crippen LogP contribution in [0.1, 0.15) is 77.0 Å². The Morgan fingerprint density at radius 3 is 1.21 bits per heavy atom. The summed E-state index contributed by atoms with van der Waals surface area (Å²) in [7, 11) is -3.76. The summed E-state index contributed by atoms with van der Waals surface area (Å²) in [5, 5.41) is 8.63. The first-order chi connectivity index (χ1) is 9.06. The Balaban J connectivity index is 3.01. The molecule has 0 heterocycles. The first kappa shape index (κ1) is 19.1. The van der Waals surface area contributed by atoms with Crippen LogP contribution in [0.4, 0.5) is 0 Å². The first-order valence-corrected chi connectivity index (χ1v) is 9.51. The van der Waals surface area contributed by atoms with Crippen LogP contribution in [0.25, 0.3) is 0 Å². The second-order valence-corrected chi connectivity index (χ2v) is 7.13. The summed E-state index contributed by atoms with van der Waals surface area (Å²) in [6.45, 7) is 0.321. The average molecular weight is 294 g/mol. The van der Waals surface area contributed by atoms with Crippen molar-refractivity contribution in [3.8, 4) is 0 Å². The van der Waals surface area contributed by atoms with Crippen LogP contribution in [-0.2, 0) is 4.57 Å². The van der Waals surface area contributed by atoms with Crippen molar-refractivity contribution >= 4 is 7.60 Å². The minimum Gasteiger partial charge on any atom is -0.396 e. The molecule has 0 saturated heterocycles. The Kier molecular flexibility index (Phi) is 13.2. The number of rotatable bonds is 14. The SMILES string of the molecule is O=P(O)(O)CCCCCCCCCCCCCCO. The van der Waals surface area contributed by atoms with E-state index in [0.29, 0.717) is 13.0 Å². The summed E-state index contributed by atoms with van der Waals surface area (Å²) in [6, 6.07) is 0. The molecule has 0 aromatic rings. The molecule has 0 radical (unpaired) electrons. The van der Waals surface area contributed by atoms with E-state index in [1.54, 1.807) is 0 Å². The van der Waals surface area contributed by atoms with Crippen LogP contribution in [0.15, 0.2) is 0 Å². The van der Waals surface area contributed by atoms with E-state index in [2.05, 4.69) is 0 Å². The van der Waals surface area contributed by atoms with Gasteiger partial charge in [-0.25, -0.2) is 0 Å². The second-order valence-electron chi connectivity index (χ2n) is 5.35. The third-order valence-electron chi connectivity index (χ3n) is 3.36. The maximum atomic E-state index is 10.6. The highest BCUT2D eigenvalue weighted by atomic mass is 31.2. The van der Waals surface area contributed by atoms with Gasteiger partial charge in [-0.05, 0) is 12.8 Å². The summed E-state index contributed by atoms with van der Waals surface area (Å²) in [6.07, 6.45) is 13.6. The molecule has 0 aliphatic rings. The van der Waals surface area contributed by atoms with Crippen LogP contribution in [0.2, 0.25) is 0 Å². The summed E-state index contributed by atoms with van der Waals surface area (Å²) in [5.41, 5.74) is 0. The summed E-state index contributed by atoms with van der Waals surface area (Å²) in [4.78, 5) is 17.4. The fraction of sp³-hybridized carbons (Fsp3) is 1.00. The molecule has 19 heavy (non-hydrogen) atoms. The van der Waals surface area contributed by atoms with E-state index in [1.165, 1.54) is 44.9 Å². The van der Waals surface area contributed by atoms with Crippen LogP contribution in [0, 0.1) is 0 Å². The lowest BCUT2D eigenvalue weighted by Crippen LogP contribution is -1.88. The van der Waals surface area contributed by atoms with Gasteiger partial charge in [-0.2, -0.15) is 0 Å². The molecule has 3 N–H and O–H groups in total. The van der Waals surface area contributed by atoms with E-state index in [4.69, 9.17) is 14.9 Å². The molecule has 0 aliphatic heterocycles. The monoisotopic (exact) mass is 294 g/mol. The molecule has 0 amide bonds. The molecule has 0 spiro atoms. The van der Waals surface area contributed by atoms with Gasteiger partial charge in [0.15, 0.2) is 0 Å². The molecule has 0 bridgehead atoms. The molecule has 0 aromatic carbocycles. The maximum Gasteiger partial charge on any atom is 0.325 e. The fourth-order valence-corrected chi connectivity index (χ4v) is 2.83. The highest BCUT2D eigenvalue weighted by molar-refractivity contribution is 7.51. The Bertz CT molecular complexity index is 227. The van der Waals surface area contributed by atoms with Crippen molar-refractivity contribution in [1.29, 1.82) is 0 Å². The largest absolute Gasteiger partial charge is 0.396 e. The number of aliphatic hydroxyl groups excluding tert-OH is 1. The molecular formula is C14H31O4P. The third kappa shape index (κ3) is 18.1. The predicted molar refractivity (Wildman–Crippen MR) is 79.4 cm³/mol. The number of hydrogen-bond donors (Lipinski definition) is 3. The minimum absolute atomic E-state index is 0.0425. The van der Waals surface area contributed by atoms with E-state index in [9.17, 15) is 4.57 Å². The van der Waals surface area contributed by atoms with Crippen molar-refractivity contribution in [2.75, 3.05) is 12.8 Å². The lowest BCUT2D eigenvalue weighted by atomic mass is 10.1. The van der Waals surface area contributed by atoms with Crippen molar-refractivity contribution in [3.05, 3.63) is 0 Å². The zero-order valence-electron chi connectivity index (χ0n) is 12.1. The Morgan fingerprint density at radius 2 is 0.895 bits per heavy atom. The van der Waals surface area contributed by atoms with Gasteiger partial charge >= 0.3 is 7.60 Å². The van der Waals surface area contributed by atoms with E-state index >= 15 is 0 Å². The van der Waals surface area contributed by atoms with Crippen LogP contribution >= 0.6 is 7.60 Å².